The minimum Gasteiger partial charge on any atom is -0.454 e. The number of hydrogen-bond acceptors (Lipinski definition) is 7. The number of nitrogens with one attached hydrogen (secondary N) is 1. The quantitative estimate of drug-likeness (QED) is 0.341. The monoisotopic (exact) mass is 485 g/mol. The number of anilines is 1. The molecule has 2 aromatic rings. The molecule has 1 saturated heterocycles. The number of sulfonamides is 1. The van der Waals surface area contributed by atoms with Gasteiger partial charge in [0.05, 0.1) is 30.1 Å². The van der Waals surface area contributed by atoms with E-state index in [-0.39, 0.29) is 30.3 Å². The molecule has 0 bridgehead atoms. The molecule has 34 heavy (non-hydrogen) atoms. The highest BCUT2D eigenvalue weighted by molar-refractivity contribution is 7.92. The standard InChI is InChI=1S/C23H23N3O7S/c1-2-34(31,32)26-10-9-17-11-18(7-8-19(17)26)20(27)14-33-22(29)16-5-3-15(4-6-16)13-25-21(28)12-24-23(25)30/h3-8,11H,2,9-10,12-14H2,1H3,(H,24,30). The molecule has 2 heterocycles. The predicted molar refractivity (Wildman–Crippen MR) is 122 cm³/mol. The van der Waals surface area contributed by atoms with Gasteiger partial charge in [-0.15, -0.1) is 0 Å². The number of benzene rings is 2. The van der Waals surface area contributed by atoms with Gasteiger partial charge in [-0.05, 0) is 54.8 Å². The smallest absolute Gasteiger partial charge is 0.338 e. The molecule has 0 radical (unpaired) electrons. The first-order chi connectivity index (χ1) is 16.2. The zero-order valence-corrected chi connectivity index (χ0v) is 19.3. The Labute approximate surface area is 196 Å². The topological polar surface area (TPSA) is 130 Å². The van der Waals surface area contributed by atoms with Crippen LogP contribution in [0.25, 0.3) is 0 Å². The van der Waals surface area contributed by atoms with Crippen LogP contribution in [-0.4, -0.2) is 62.5 Å². The van der Waals surface area contributed by atoms with Crippen molar-refractivity contribution in [1.82, 2.24) is 10.2 Å². The van der Waals surface area contributed by atoms with Crippen molar-refractivity contribution in [1.29, 1.82) is 0 Å². The van der Waals surface area contributed by atoms with Crippen LogP contribution in [-0.2, 0) is 32.5 Å². The molecule has 2 aliphatic rings. The number of fused-ring (bicyclic) bond motifs is 1. The van der Waals surface area contributed by atoms with E-state index in [9.17, 15) is 27.6 Å². The molecule has 0 spiro atoms. The van der Waals surface area contributed by atoms with Gasteiger partial charge in [0.2, 0.25) is 15.9 Å². The van der Waals surface area contributed by atoms with Gasteiger partial charge in [0.1, 0.15) is 0 Å². The molecule has 1 fully saturated rings. The summed E-state index contributed by atoms with van der Waals surface area (Å²) in [6.45, 7) is 1.52. The Balaban J connectivity index is 1.35. The Morgan fingerprint density at radius 2 is 1.76 bits per heavy atom. The van der Waals surface area contributed by atoms with E-state index in [0.717, 1.165) is 10.5 Å². The number of nitrogens with zero attached hydrogens (tertiary/aromatic N) is 2. The number of carbonyl (C=O) groups is 4. The first kappa shape index (κ1) is 23.4. The fourth-order valence-electron chi connectivity index (χ4n) is 3.83. The third-order valence-electron chi connectivity index (χ3n) is 5.76. The van der Waals surface area contributed by atoms with Gasteiger partial charge in [0.15, 0.2) is 12.4 Å². The van der Waals surface area contributed by atoms with Crippen molar-refractivity contribution in [2.24, 2.45) is 0 Å². The van der Waals surface area contributed by atoms with Gasteiger partial charge in [-0.3, -0.25) is 18.8 Å². The molecule has 4 rings (SSSR count). The number of Topliss-reactive ketones (excluding diaryl/α,β-unsaturated/α-hetero) is 1. The van der Waals surface area contributed by atoms with Gasteiger partial charge in [0.25, 0.3) is 0 Å². The Kier molecular flexibility index (Phi) is 6.38. The van der Waals surface area contributed by atoms with E-state index in [2.05, 4.69) is 5.32 Å². The van der Waals surface area contributed by atoms with E-state index in [1.807, 2.05) is 0 Å². The Morgan fingerprint density at radius 1 is 1.06 bits per heavy atom. The number of urea groups is 1. The van der Waals surface area contributed by atoms with Crippen molar-refractivity contribution in [3.05, 3.63) is 64.7 Å². The maximum absolute atomic E-state index is 12.5. The first-order valence-corrected chi connectivity index (χ1v) is 12.3. The van der Waals surface area contributed by atoms with Crippen LogP contribution in [0.15, 0.2) is 42.5 Å². The highest BCUT2D eigenvalue weighted by Crippen LogP contribution is 2.31. The summed E-state index contributed by atoms with van der Waals surface area (Å²) in [7, 11) is -3.37. The average molecular weight is 486 g/mol. The highest BCUT2D eigenvalue weighted by Gasteiger charge is 2.29. The maximum Gasteiger partial charge on any atom is 0.338 e. The molecule has 178 valence electrons. The normalized spacial score (nSPS) is 15.3. The zero-order valence-electron chi connectivity index (χ0n) is 18.4. The number of hydrogen-bond donors (Lipinski definition) is 1. The Hall–Kier alpha value is -3.73. The summed E-state index contributed by atoms with van der Waals surface area (Å²) < 4.78 is 30.9. The van der Waals surface area contributed by atoms with Gasteiger partial charge in [-0.1, -0.05) is 12.1 Å². The number of esters is 1. The molecular formula is C23H23N3O7S. The molecule has 11 heteroatoms. The number of ether oxygens (including phenoxy) is 1. The molecule has 0 aromatic heterocycles. The molecule has 0 unspecified atom stereocenters. The van der Waals surface area contributed by atoms with Gasteiger partial charge >= 0.3 is 12.0 Å². The molecule has 2 aliphatic heterocycles. The van der Waals surface area contributed by atoms with E-state index in [1.54, 1.807) is 31.2 Å². The van der Waals surface area contributed by atoms with Crippen molar-refractivity contribution in [3.63, 3.8) is 0 Å². The molecule has 0 saturated carbocycles. The number of carbonyl (C=O) groups excluding carboxylic acids is 4. The second-order valence-electron chi connectivity index (χ2n) is 7.90. The lowest BCUT2D eigenvalue weighted by Crippen LogP contribution is -2.30. The van der Waals surface area contributed by atoms with Crippen LogP contribution >= 0.6 is 0 Å². The van der Waals surface area contributed by atoms with Crippen molar-refractivity contribution in [2.45, 2.75) is 19.9 Å². The highest BCUT2D eigenvalue weighted by atomic mass is 32.2. The summed E-state index contributed by atoms with van der Waals surface area (Å²) in [4.78, 5) is 49.3. The Morgan fingerprint density at radius 3 is 2.41 bits per heavy atom. The van der Waals surface area contributed by atoms with Crippen LogP contribution in [0.3, 0.4) is 0 Å². The summed E-state index contributed by atoms with van der Waals surface area (Å²) in [5, 5.41) is 2.44. The van der Waals surface area contributed by atoms with Gasteiger partial charge in [-0.25, -0.2) is 18.0 Å². The summed E-state index contributed by atoms with van der Waals surface area (Å²) in [5.41, 5.74) is 2.56. The van der Waals surface area contributed by atoms with Crippen LogP contribution in [0.4, 0.5) is 10.5 Å². The third-order valence-corrected chi connectivity index (χ3v) is 7.54. The fourth-order valence-corrected chi connectivity index (χ4v) is 4.99. The van der Waals surface area contributed by atoms with Gasteiger partial charge < -0.3 is 10.1 Å². The van der Waals surface area contributed by atoms with Gasteiger partial charge in [-0.2, -0.15) is 0 Å². The maximum atomic E-state index is 12.5. The van der Waals surface area contributed by atoms with Crippen molar-refractivity contribution < 1.29 is 32.3 Å². The molecule has 0 aliphatic carbocycles. The van der Waals surface area contributed by atoms with E-state index in [4.69, 9.17) is 4.74 Å². The molecule has 1 N–H and O–H groups in total. The van der Waals surface area contributed by atoms with Crippen molar-refractivity contribution >= 4 is 39.4 Å². The molecule has 10 nitrogen and oxygen atoms in total. The average Bonchev–Trinajstić information content (AvgIpc) is 3.41. The van der Waals surface area contributed by atoms with E-state index >= 15 is 0 Å². The number of rotatable bonds is 8. The largest absolute Gasteiger partial charge is 0.454 e. The van der Waals surface area contributed by atoms with Crippen LogP contribution in [0.1, 0.15) is 38.8 Å². The van der Waals surface area contributed by atoms with E-state index in [0.29, 0.717) is 29.8 Å². The predicted octanol–water partition coefficient (Wildman–Crippen LogP) is 1.49. The van der Waals surface area contributed by atoms with Gasteiger partial charge in [0, 0.05) is 12.1 Å². The second kappa shape index (κ2) is 9.26. The van der Waals surface area contributed by atoms with Crippen LogP contribution in [0, 0.1) is 0 Å². The van der Waals surface area contributed by atoms with Crippen LogP contribution in [0.2, 0.25) is 0 Å². The lowest BCUT2D eigenvalue weighted by molar-refractivity contribution is -0.125. The van der Waals surface area contributed by atoms with Crippen LogP contribution in [0.5, 0.6) is 0 Å². The summed E-state index contributed by atoms with van der Waals surface area (Å²) in [5.74, 6) is -1.41. The minimum absolute atomic E-state index is 0.00420. The molecule has 0 atom stereocenters. The molecule has 2 aromatic carbocycles. The first-order valence-electron chi connectivity index (χ1n) is 10.7. The van der Waals surface area contributed by atoms with E-state index < -0.39 is 34.4 Å². The van der Waals surface area contributed by atoms with Crippen molar-refractivity contribution in [2.75, 3.05) is 29.8 Å². The number of ketones is 1. The van der Waals surface area contributed by atoms with Crippen molar-refractivity contribution in [3.8, 4) is 0 Å². The Bertz CT molecular complexity index is 1260. The minimum atomic E-state index is -3.37. The number of amides is 3. The van der Waals surface area contributed by atoms with E-state index in [1.165, 1.54) is 22.5 Å². The lowest BCUT2D eigenvalue weighted by atomic mass is 10.1. The number of imide groups is 1. The fraction of sp³-hybridized carbons (Fsp3) is 0.304. The van der Waals surface area contributed by atoms with Crippen LogP contribution < -0.4 is 9.62 Å². The SMILES string of the molecule is CCS(=O)(=O)N1CCc2cc(C(=O)COC(=O)c3ccc(CN4C(=O)CNC4=O)cc3)ccc21. The zero-order chi connectivity index (χ0) is 24.5. The summed E-state index contributed by atoms with van der Waals surface area (Å²) >= 11 is 0. The molecule has 3 amide bonds. The lowest BCUT2D eigenvalue weighted by Gasteiger charge is -2.18. The molecular weight excluding hydrogens is 462 g/mol. The second-order valence-corrected chi connectivity index (χ2v) is 10.1. The summed E-state index contributed by atoms with van der Waals surface area (Å²) in [6, 6.07) is 10.5. The third kappa shape index (κ3) is 4.65. The summed E-state index contributed by atoms with van der Waals surface area (Å²) in [6.07, 6.45) is 0.506.